The molecule has 3 unspecified atom stereocenters. The molecular weight excluding hydrogens is 340 g/mol. The first-order chi connectivity index (χ1) is 13.2. The van der Waals surface area contributed by atoms with Crippen molar-refractivity contribution in [1.29, 1.82) is 0 Å². The normalized spacial score (nSPS) is 26.1. The third-order valence-electron chi connectivity index (χ3n) is 5.68. The molecule has 0 bridgehead atoms. The number of aromatic nitrogens is 3. The summed E-state index contributed by atoms with van der Waals surface area (Å²) in [6.45, 7) is 4.58. The van der Waals surface area contributed by atoms with Gasteiger partial charge in [0.05, 0.1) is 19.0 Å². The summed E-state index contributed by atoms with van der Waals surface area (Å²) in [5, 5.41) is 7.02. The number of anilines is 2. The first-order valence-electron chi connectivity index (χ1n) is 9.83. The lowest BCUT2D eigenvalue weighted by atomic mass is 9.91. The van der Waals surface area contributed by atoms with E-state index in [1.165, 1.54) is 25.8 Å². The van der Waals surface area contributed by atoms with Crippen LogP contribution in [0.1, 0.15) is 44.2 Å². The number of pyridine rings is 1. The molecule has 27 heavy (non-hydrogen) atoms. The molecule has 2 aliphatic heterocycles. The number of piperidine rings is 1. The highest BCUT2D eigenvalue weighted by Crippen LogP contribution is 2.33. The Kier molecular flexibility index (Phi) is 5.50. The Morgan fingerprint density at radius 1 is 1.15 bits per heavy atom. The third-order valence-corrected chi connectivity index (χ3v) is 5.68. The van der Waals surface area contributed by atoms with Crippen molar-refractivity contribution in [2.45, 2.75) is 50.7 Å². The van der Waals surface area contributed by atoms with E-state index in [-0.39, 0.29) is 0 Å². The van der Waals surface area contributed by atoms with Crippen molar-refractivity contribution in [3.8, 4) is 5.75 Å². The molecule has 7 heteroatoms. The molecule has 4 rings (SSSR count). The fraction of sp³-hybridized carbons (Fsp3) is 0.550. The molecule has 0 saturated carbocycles. The van der Waals surface area contributed by atoms with Gasteiger partial charge in [0.25, 0.3) is 0 Å². The van der Waals surface area contributed by atoms with Crippen LogP contribution in [0.2, 0.25) is 0 Å². The van der Waals surface area contributed by atoms with Gasteiger partial charge in [0.1, 0.15) is 23.7 Å². The van der Waals surface area contributed by atoms with Crippen molar-refractivity contribution >= 4 is 11.6 Å². The maximum absolute atomic E-state index is 5.27. The van der Waals surface area contributed by atoms with Crippen LogP contribution in [0.15, 0.2) is 30.7 Å². The van der Waals surface area contributed by atoms with E-state index in [0.717, 1.165) is 30.2 Å². The van der Waals surface area contributed by atoms with Gasteiger partial charge in [-0.1, -0.05) is 0 Å². The minimum absolute atomic E-state index is 0.356. The molecule has 3 atom stereocenters. The van der Waals surface area contributed by atoms with Crippen LogP contribution in [-0.2, 0) is 0 Å². The summed E-state index contributed by atoms with van der Waals surface area (Å²) < 4.78 is 5.27. The summed E-state index contributed by atoms with van der Waals surface area (Å²) in [5.74, 6) is 2.62. The van der Waals surface area contributed by atoms with Crippen LogP contribution in [0.3, 0.4) is 0 Å². The number of methoxy groups -OCH3 is 1. The second-order valence-electron chi connectivity index (χ2n) is 7.41. The second kappa shape index (κ2) is 8.19. The standard InChI is InChI=1S/C20H28N6O/c1-14-5-4-10-26(14)20-16(6-3-8-22-20)17-12-19(24-13-23-17)25-18-11-15(27-2)7-9-21-18/h7,9,11-14,16,20,22H,3-6,8,10H2,1-2H3,(H,21,23,24,25). The molecule has 0 aromatic carbocycles. The Bertz CT molecular complexity index is 770. The third kappa shape index (κ3) is 4.04. The van der Waals surface area contributed by atoms with E-state index in [1.807, 2.05) is 12.1 Å². The topological polar surface area (TPSA) is 75.2 Å². The minimum Gasteiger partial charge on any atom is -0.497 e. The molecule has 0 aliphatic carbocycles. The summed E-state index contributed by atoms with van der Waals surface area (Å²) in [7, 11) is 1.65. The highest BCUT2D eigenvalue weighted by molar-refractivity contribution is 5.53. The van der Waals surface area contributed by atoms with Gasteiger partial charge in [-0.05, 0) is 51.8 Å². The highest BCUT2D eigenvalue weighted by atomic mass is 16.5. The Labute approximate surface area is 160 Å². The van der Waals surface area contributed by atoms with Crippen molar-refractivity contribution in [2.75, 3.05) is 25.5 Å². The largest absolute Gasteiger partial charge is 0.497 e. The van der Waals surface area contributed by atoms with Gasteiger partial charge in [0.15, 0.2) is 0 Å². The number of ether oxygens (including phenoxy) is 1. The molecule has 0 amide bonds. The second-order valence-corrected chi connectivity index (χ2v) is 7.41. The van der Waals surface area contributed by atoms with Crippen molar-refractivity contribution in [3.63, 3.8) is 0 Å². The summed E-state index contributed by atoms with van der Waals surface area (Å²) in [5.41, 5.74) is 1.09. The minimum atomic E-state index is 0.356. The van der Waals surface area contributed by atoms with Gasteiger partial charge in [-0.15, -0.1) is 0 Å². The number of nitrogens with one attached hydrogen (secondary N) is 2. The van der Waals surface area contributed by atoms with E-state index in [1.54, 1.807) is 19.6 Å². The van der Waals surface area contributed by atoms with Crippen molar-refractivity contribution in [2.24, 2.45) is 0 Å². The lowest BCUT2D eigenvalue weighted by Gasteiger charge is -2.40. The summed E-state index contributed by atoms with van der Waals surface area (Å²) >= 11 is 0. The summed E-state index contributed by atoms with van der Waals surface area (Å²) in [6.07, 6.45) is 8.61. The van der Waals surface area contributed by atoms with Crippen LogP contribution in [0, 0.1) is 0 Å². The number of nitrogens with zero attached hydrogens (tertiary/aromatic N) is 4. The zero-order valence-corrected chi connectivity index (χ0v) is 16.1. The first-order valence-corrected chi connectivity index (χ1v) is 9.83. The van der Waals surface area contributed by atoms with Gasteiger partial charge in [0, 0.05) is 30.3 Å². The van der Waals surface area contributed by atoms with E-state index in [0.29, 0.717) is 23.9 Å². The summed E-state index contributed by atoms with van der Waals surface area (Å²) in [4.78, 5) is 16.0. The Morgan fingerprint density at radius 3 is 2.85 bits per heavy atom. The van der Waals surface area contributed by atoms with E-state index < -0.39 is 0 Å². The van der Waals surface area contributed by atoms with Crippen LogP contribution in [0.5, 0.6) is 5.75 Å². The van der Waals surface area contributed by atoms with Crippen LogP contribution in [-0.4, -0.2) is 52.3 Å². The lowest BCUT2D eigenvalue weighted by Crippen LogP contribution is -2.53. The average Bonchev–Trinajstić information content (AvgIpc) is 3.14. The zero-order valence-electron chi connectivity index (χ0n) is 16.1. The molecule has 0 radical (unpaired) electrons. The predicted octanol–water partition coefficient (Wildman–Crippen LogP) is 2.90. The molecule has 7 nitrogen and oxygen atoms in total. The van der Waals surface area contributed by atoms with E-state index in [9.17, 15) is 0 Å². The van der Waals surface area contributed by atoms with Gasteiger partial charge in [0.2, 0.25) is 0 Å². The molecule has 0 spiro atoms. The smallest absolute Gasteiger partial charge is 0.135 e. The molecule has 2 saturated heterocycles. The number of likely N-dealkylation sites (tertiary alicyclic amines) is 1. The Morgan fingerprint density at radius 2 is 2.04 bits per heavy atom. The van der Waals surface area contributed by atoms with Gasteiger partial charge in [-0.2, -0.15) is 0 Å². The van der Waals surface area contributed by atoms with Crippen LogP contribution in [0.4, 0.5) is 11.6 Å². The van der Waals surface area contributed by atoms with Crippen molar-refractivity contribution < 1.29 is 4.74 Å². The van der Waals surface area contributed by atoms with Gasteiger partial charge in [-0.25, -0.2) is 15.0 Å². The average molecular weight is 368 g/mol. The van der Waals surface area contributed by atoms with Gasteiger partial charge in [-0.3, -0.25) is 4.90 Å². The fourth-order valence-corrected chi connectivity index (χ4v) is 4.28. The van der Waals surface area contributed by atoms with Crippen molar-refractivity contribution in [3.05, 3.63) is 36.4 Å². The molecule has 2 aliphatic rings. The molecule has 2 aromatic rings. The quantitative estimate of drug-likeness (QED) is 0.840. The number of hydrogen-bond donors (Lipinski definition) is 2. The molecule has 2 N–H and O–H groups in total. The number of hydrogen-bond acceptors (Lipinski definition) is 7. The first kappa shape index (κ1) is 18.1. The van der Waals surface area contributed by atoms with E-state index >= 15 is 0 Å². The van der Waals surface area contributed by atoms with Crippen molar-refractivity contribution in [1.82, 2.24) is 25.2 Å². The van der Waals surface area contributed by atoms with Crippen LogP contribution >= 0.6 is 0 Å². The molecule has 2 aromatic heterocycles. The van der Waals surface area contributed by atoms with Crippen LogP contribution in [0.25, 0.3) is 0 Å². The zero-order chi connectivity index (χ0) is 18.6. The maximum Gasteiger partial charge on any atom is 0.135 e. The fourth-order valence-electron chi connectivity index (χ4n) is 4.28. The Balaban J connectivity index is 1.55. The van der Waals surface area contributed by atoms with Gasteiger partial charge >= 0.3 is 0 Å². The lowest BCUT2D eigenvalue weighted by molar-refractivity contribution is 0.110. The van der Waals surface area contributed by atoms with Gasteiger partial charge < -0.3 is 15.4 Å². The van der Waals surface area contributed by atoms with E-state index in [2.05, 4.69) is 43.5 Å². The molecule has 2 fully saturated rings. The summed E-state index contributed by atoms with van der Waals surface area (Å²) in [6, 6.07) is 6.38. The van der Waals surface area contributed by atoms with Crippen LogP contribution < -0.4 is 15.4 Å². The maximum atomic E-state index is 5.27. The molecule has 144 valence electrons. The number of rotatable bonds is 5. The Hall–Kier alpha value is -2.25. The highest BCUT2D eigenvalue weighted by Gasteiger charge is 2.36. The van der Waals surface area contributed by atoms with E-state index in [4.69, 9.17) is 4.74 Å². The SMILES string of the molecule is COc1ccnc(Nc2cc(C3CCCNC3N3CCCC3C)ncn2)c1. The monoisotopic (exact) mass is 368 g/mol. The predicted molar refractivity (Wildman–Crippen MR) is 105 cm³/mol. The molecular formula is C20H28N6O. The molecule has 4 heterocycles.